The van der Waals surface area contributed by atoms with Crippen LogP contribution in [0.1, 0.15) is 39.0 Å². The van der Waals surface area contributed by atoms with Gasteiger partial charge in [0.25, 0.3) is 0 Å². The average molecular weight is 375 g/mol. The number of aldehydes is 1. The summed E-state index contributed by atoms with van der Waals surface area (Å²) in [5, 5.41) is 0. The van der Waals surface area contributed by atoms with Crippen molar-refractivity contribution in [3.05, 3.63) is 69.7 Å². The molecule has 0 spiro atoms. The lowest BCUT2D eigenvalue weighted by Crippen LogP contribution is -1.96. The van der Waals surface area contributed by atoms with E-state index >= 15 is 0 Å². The standard InChI is InChI=1S/C23H22N2OS/c1-5-17-7-10-18(11-8-17)21-20(13-26)25-22(16(4)27-23(25)24-21)19-9-6-14(2)15(3)12-19/h6-13H,5H2,1-4H3. The highest BCUT2D eigenvalue weighted by Crippen LogP contribution is 2.36. The molecule has 27 heavy (non-hydrogen) atoms. The summed E-state index contributed by atoms with van der Waals surface area (Å²) in [7, 11) is 0. The summed E-state index contributed by atoms with van der Waals surface area (Å²) in [5.41, 5.74) is 8.32. The summed E-state index contributed by atoms with van der Waals surface area (Å²) in [5.74, 6) is 0. The number of imidazole rings is 1. The zero-order chi connectivity index (χ0) is 19.1. The molecular formula is C23H22N2OS. The zero-order valence-electron chi connectivity index (χ0n) is 16.0. The van der Waals surface area contributed by atoms with Crippen molar-refractivity contribution < 1.29 is 4.79 Å². The van der Waals surface area contributed by atoms with E-state index < -0.39 is 0 Å². The van der Waals surface area contributed by atoms with E-state index in [4.69, 9.17) is 4.98 Å². The third-order valence-corrected chi connectivity index (χ3v) is 6.17. The molecule has 0 saturated carbocycles. The van der Waals surface area contributed by atoms with Crippen LogP contribution in [0.5, 0.6) is 0 Å². The number of carbonyl (C=O) groups is 1. The molecule has 2 aromatic carbocycles. The molecule has 4 rings (SSSR count). The van der Waals surface area contributed by atoms with Crippen LogP contribution in [-0.2, 0) is 6.42 Å². The molecule has 0 saturated heterocycles. The predicted octanol–water partition coefficient (Wildman–Crippen LogP) is 6.03. The Morgan fingerprint density at radius 3 is 2.33 bits per heavy atom. The van der Waals surface area contributed by atoms with Gasteiger partial charge in [-0.25, -0.2) is 4.98 Å². The summed E-state index contributed by atoms with van der Waals surface area (Å²) < 4.78 is 2.01. The van der Waals surface area contributed by atoms with Gasteiger partial charge < -0.3 is 0 Å². The molecule has 3 nitrogen and oxygen atoms in total. The third-order valence-electron chi connectivity index (χ3n) is 5.21. The van der Waals surface area contributed by atoms with E-state index in [9.17, 15) is 4.79 Å². The van der Waals surface area contributed by atoms with Crippen molar-refractivity contribution in [3.63, 3.8) is 0 Å². The van der Waals surface area contributed by atoms with Crippen LogP contribution in [-0.4, -0.2) is 15.7 Å². The average Bonchev–Trinajstić information content (AvgIpc) is 3.18. The van der Waals surface area contributed by atoms with Crippen LogP contribution in [0.3, 0.4) is 0 Å². The van der Waals surface area contributed by atoms with Gasteiger partial charge in [0.2, 0.25) is 0 Å². The number of nitrogens with zero attached hydrogens (tertiary/aromatic N) is 2. The molecule has 0 bridgehead atoms. The molecular weight excluding hydrogens is 352 g/mol. The van der Waals surface area contributed by atoms with Gasteiger partial charge in [-0.2, -0.15) is 0 Å². The highest BCUT2D eigenvalue weighted by molar-refractivity contribution is 7.17. The Labute approximate surface area is 163 Å². The van der Waals surface area contributed by atoms with Gasteiger partial charge in [-0.05, 0) is 55.5 Å². The van der Waals surface area contributed by atoms with Crippen molar-refractivity contribution in [1.82, 2.24) is 9.38 Å². The van der Waals surface area contributed by atoms with Crippen LogP contribution >= 0.6 is 11.3 Å². The quantitative estimate of drug-likeness (QED) is 0.409. The Bertz CT molecular complexity index is 1150. The lowest BCUT2D eigenvalue weighted by atomic mass is 10.0. The van der Waals surface area contributed by atoms with E-state index in [2.05, 4.69) is 70.2 Å². The van der Waals surface area contributed by atoms with Gasteiger partial charge in [-0.15, -0.1) is 11.3 Å². The molecule has 0 atom stereocenters. The Morgan fingerprint density at radius 1 is 1.00 bits per heavy atom. The van der Waals surface area contributed by atoms with E-state index in [0.717, 1.165) is 45.1 Å². The second-order valence-corrected chi connectivity index (χ2v) is 8.12. The van der Waals surface area contributed by atoms with Gasteiger partial charge in [-0.3, -0.25) is 9.20 Å². The fraction of sp³-hybridized carbons (Fsp3) is 0.217. The van der Waals surface area contributed by atoms with Crippen LogP contribution in [0.15, 0.2) is 42.5 Å². The van der Waals surface area contributed by atoms with Crippen LogP contribution in [0, 0.1) is 20.8 Å². The number of hydrogen-bond acceptors (Lipinski definition) is 3. The molecule has 0 aliphatic carbocycles. The molecule has 2 aromatic heterocycles. The number of aromatic nitrogens is 2. The molecule has 0 unspecified atom stereocenters. The summed E-state index contributed by atoms with van der Waals surface area (Å²) in [4.78, 5) is 18.9. The summed E-state index contributed by atoms with van der Waals surface area (Å²) >= 11 is 1.63. The van der Waals surface area contributed by atoms with Gasteiger partial charge in [0, 0.05) is 10.4 Å². The maximum absolute atomic E-state index is 12.1. The molecule has 0 amide bonds. The van der Waals surface area contributed by atoms with Gasteiger partial charge >= 0.3 is 0 Å². The third kappa shape index (κ3) is 2.90. The SMILES string of the molecule is CCc1ccc(-c2nc3sc(C)c(-c4ccc(C)c(C)c4)n3c2C=O)cc1. The van der Waals surface area contributed by atoms with Crippen LogP contribution in [0.2, 0.25) is 0 Å². The molecule has 0 N–H and O–H groups in total. The van der Waals surface area contributed by atoms with Gasteiger partial charge in [0.1, 0.15) is 11.4 Å². The number of hydrogen-bond donors (Lipinski definition) is 0. The molecule has 4 aromatic rings. The molecule has 2 heterocycles. The second-order valence-electron chi connectivity index (χ2n) is 6.94. The maximum Gasteiger partial charge on any atom is 0.195 e. The van der Waals surface area contributed by atoms with Crippen LogP contribution in [0.4, 0.5) is 0 Å². The minimum Gasteiger partial charge on any atom is -0.296 e. The van der Waals surface area contributed by atoms with Crippen molar-refractivity contribution in [2.75, 3.05) is 0 Å². The minimum absolute atomic E-state index is 0.617. The predicted molar refractivity (Wildman–Crippen MR) is 113 cm³/mol. The number of aryl methyl sites for hydroxylation is 4. The highest BCUT2D eigenvalue weighted by atomic mass is 32.1. The first-order valence-corrected chi connectivity index (χ1v) is 9.99. The minimum atomic E-state index is 0.617. The Morgan fingerprint density at radius 2 is 1.70 bits per heavy atom. The first-order chi connectivity index (χ1) is 13.0. The lowest BCUT2D eigenvalue weighted by Gasteiger charge is -2.07. The number of fused-ring (bicyclic) bond motifs is 1. The van der Waals surface area contributed by atoms with Gasteiger partial charge in [-0.1, -0.05) is 43.3 Å². The van der Waals surface area contributed by atoms with Gasteiger partial charge in [0.05, 0.1) is 5.69 Å². The van der Waals surface area contributed by atoms with Crippen molar-refractivity contribution in [3.8, 4) is 22.5 Å². The maximum atomic E-state index is 12.1. The Balaban J connectivity index is 1.95. The molecule has 0 radical (unpaired) electrons. The molecule has 0 fully saturated rings. The molecule has 0 aliphatic heterocycles. The Hall–Kier alpha value is -2.72. The van der Waals surface area contributed by atoms with Crippen molar-refractivity contribution in [2.24, 2.45) is 0 Å². The zero-order valence-corrected chi connectivity index (χ0v) is 16.9. The lowest BCUT2D eigenvalue weighted by molar-refractivity contribution is 0.111. The van der Waals surface area contributed by atoms with E-state index in [-0.39, 0.29) is 0 Å². The van der Waals surface area contributed by atoms with E-state index in [1.807, 2.05) is 4.40 Å². The summed E-state index contributed by atoms with van der Waals surface area (Å²) in [6.07, 6.45) is 1.93. The van der Waals surface area contributed by atoms with E-state index in [1.54, 1.807) is 11.3 Å². The normalized spacial score (nSPS) is 11.3. The number of thiazole rings is 1. The summed E-state index contributed by atoms with van der Waals surface area (Å²) in [6, 6.07) is 14.8. The monoisotopic (exact) mass is 374 g/mol. The molecule has 136 valence electrons. The number of carbonyl (C=O) groups excluding carboxylic acids is 1. The molecule has 0 aliphatic rings. The Kier molecular flexibility index (Phi) is 4.44. The molecule has 4 heteroatoms. The largest absolute Gasteiger partial charge is 0.296 e. The highest BCUT2D eigenvalue weighted by Gasteiger charge is 2.21. The smallest absolute Gasteiger partial charge is 0.195 e. The first-order valence-electron chi connectivity index (χ1n) is 9.17. The van der Waals surface area contributed by atoms with E-state index in [1.165, 1.54) is 16.7 Å². The fourth-order valence-electron chi connectivity index (χ4n) is 3.48. The number of rotatable bonds is 4. The van der Waals surface area contributed by atoms with Crippen molar-refractivity contribution in [1.29, 1.82) is 0 Å². The number of benzene rings is 2. The summed E-state index contributed by atoms with van der Waals surface area (Å²) in [6.45, 7) is 8.46. The van der Waals surface area contributed by atoms with E-state index in [0.29, 0.717) is 5.69 Å². The topological polar surface area (TPSA) is 34.4 Å². The van der Waals surface area contributed by atoms with Gasteiger partial charge in [0.15, 0.2) is 11.2 Å². The van der Waals surface area contributed by atoms with Crippen molar-refractivity contribution in [2.45, 2.75) is 34.1 Å². The fourth-order valence-corrected chi connectivity index (χ4v) is 4.48. The van der Waals surface area contributed by atoms with Crippen molar-refractivity contribution >= 4 is 22.6 Å². The first kappa shape index (κ1) is 17.7. The van der Waals surface area contributed by atoms with Crippen LogP contribution in [0.25, 0.3) is 27.5 Å². The van der Waals surface area contributed by atoms with Crippen LogP contribution < -0.4 is 0 Å². The second kappa shape index (κ2) is 6.78.